The number of carbonyl (C=O) groups excluding carboxylic acids is 1. The number of para-hydroxylation sites is 1. The standard InChI is InChI=1S/C24H25FN2O2S/c25-20-10-4-1-7-17(20)13-16(15-28)14-26-23(29)18-8-2-3-9-19(18)24-27-21-11-5-6-12-22(21)30-24/h1-7,10-12,16,18-19,28H,8-9,13-15H2,(H,26,29)/t16-,18+,19+/m1/s1. The third kappa shape index (κ3) is 4.60. The van der Waals surface area contributed by atoms with E-state index in [2.05, 4.69) is 23.5 Å². The summed E-state index contributed by atoms with van der Waals surface area (Å²) in [6.45, 7) is 0.205. The summed E-state index contributed by atoms with van der Waals surface area (Å²) in [6.07, 6.45) is 6.02. The molecule has 1 amide bonds. The van der Waals surface area contributed by atoms with E-state index in [0.717, 1.165) is 21.6 Å². The Labute approximate surface area is 179 Å². The number of nitrogens with one attached hydrogen (secondary N) is 1. The van der Waals surface area contributed by atoms with E-state index in [0.29, 0.717) is 24.9 Å². The van der Waals surface area contributed by atoms with Crippen LogP contribution in [0.4, 0.5) is 4.39 Å². The lowest BCUT2D eigenvalue weighted by molar-refractivity contribution is -0.126. The van der Waals surface area contributed by atoms with Crippen molar-refractivity contribution in [2.45, 2.75) is 25.2 Å². The van der Waals surface area contributed by atoms with E-state index < -0.39 is 0 Å². The molecule has 156 valence electrons. The van der Waals surface area contributed by atoms with Crippen LogP contribution >= 0.6 is 11.3 Å². The predicted octanol–water partition coefficient (Wildman–Crippen LogP) is 4.45. The number of aliphatic hydroxyl groups is 1. The zero-order valence-electron chi connectivity index (χ0n) is 16.6. The van der Waals surface area contributed by atoms with Crippen molar-refractivity contribution in [1.29, 1.82) is 0 Å². The van der Waals surface area contributed by atoms with E-state index in [-0.39, 0.29) is 36.1 Å². The Balaban J connectivity index is 1.43. The molecule has 30 heavy (non-hydrogen) atoms. The number of thiazole rings is 1. The van der Waals surface area contributed by atoms with E-state index in [1.807, 2.05) is 18.2 Å². The van der Waals surface area contributed by atoms with Gasteiger partial charge in [-0.05, 0) is 43.0 Å². The average molecular weight is 425 g/mol. The molecule has 4 rings (SSSR count). The van der Waals surface area contributed by atoms with Gasteiger partial charge in [-0.1, -0.05) is 42.5 Å². The second-order valence-corrected chi connectivity index (χ2v) is 8.83. The molecule has 1 aliphatic carbocycles. The summed E-state index contributed by atoms with van der Waals surface area (Å²) in [5.41, 5.74) is 1.52. The van der Waals surface area contributed by atoms with Gasteiger partial charge in [-0.25, -0.2) is 9.37 Å². The fraction of sp³-hybridized carbons (Fsp3) is 0.333. The summed E-state index contributed by atoms with van der Waals surface area (Å²) in [7, 11) is 0. The van der Waals surface area contributed by atoms with E-state index in [4.69, 9.17) is 4.98 Å². The molecule has 3 atom stereocenters. The molecule has 0 radical (unpaired) electrons. The van der Waals surface area contributed by atoms with Crippen LogP contribution in [-0.4, -0.2) is 29.1 Å². The minimum absolute atomic E-state index is 0.0319. The molecule has 0 spiro atoms. The van der Waals surface area contributed by atoms with Gasteiger partial charge in [0.25, 0.3) is 0 Å². The zero-order valence-corrected chi connectivity index (χ0v) is 17.4. The molecular weight excluding hydrogens is 399 g/mol. The van der Waals surface area contributed by atoms with E-state index in [1.54, 1.807) is 29.5 Å². The van der Waals surface area contributed by atoms with Crippen LogP contribution in [0, 0.1) is 17.7 Å². The SMILES string of the molecule is O=C(NC[C@H](CO)Cc1ccccc1F)[C@H]1CC=CC[C@@H]1c1nc2ccccc2s1. The lowest BCUT2D eigenvalue weighted by Gasteiger charge is -2.27. The van der Waals surface area contributed by atoms with Crippen molar-refractivity contribution in [2.24, 2.45) is 11.8 Å². The first-order valence-corrected chi connectivity index (χ1v) is 11.1. The van der Waals surface area contributed by atoms with Gasteiger partial charge in [0, 0.05) is 25.0 Å². The quantitative estimate of drug-likeness (QED) is 0.551. The average Bonchev–Trinajstić information content (AvgIpc) is 3.22. The molecule has 0 unspecified atom stereocenters. The highest BCUT2D eigenvalue weighted by molar-refractivity contribution is 7.18. The lowest BCUT2D eigenvalue weighted by Crippen LogP contribution is -2.38. The van der Waals surface area contributed by atoms with Crippen molar-refractivity contribution in [1.82, 2.24) is 10.3 Å². The molecule has 1 aliphatic rings. The maximum absolute atomic E-state index is 13.9. The molecule has 2 aromatic carbocycles. The highest BCUT2D eigenvalue weighted by Crippen LogP contribution is 2.38. The van der Waals surface area contributed by atoms with Crippen molar-refractivity contribution >= 4 is 27.5 Å². The first-order valence-electron chi connectivity index (χ1n) is 10.3. The Hall–Kier alpha value is -2.57. The van der Waals surface area contributed by atoms with Gasteiger partial charge in [0.05, 0.1) is 21.1 Å². The fourth-order valence-electron chi connectivity index (χ4n) is 3.98. The second-order valence-electron chi connectivity index (χ2n) is 7.76. The van der Waals surface area contributed by atoms with Crippen LogP contribution in [0.1, 0.15) is 29.3 Å². The van der Waals surface area contributed by atoms with Crippen LogP contribution in [-0.2, 0) is 11.2 Å². The summed E-state index contributed by atoms with van der Waals surface area (Å²) in [5.74, 6) is -0.688. The van der Waals surface area contributed by atoms with Gasteiger partial charge in [0.2, 0.25) is 5.91 Å². The number of carbonyl (C=O) groups is 1. The molecule has 6 heteroatoms. The number of halogens is 1. The molecular formula is C24H25FN2O2S. The molecule has 0 saturated carbocycles. The van der Waals surface area contributed by atoms with Crippen molar-refractivity contribution in [3.63, 3.8) is 0 Å². The highest BCUT2D eigenvalue weighted by atomic mass is 32.1. The summed E-state index contributed by atoms with van der Waals surface area (Å²) in [4.78, 5) is 17.8. The van der Waals surface area contributed by atoms with Crippen LogP contribution in [0.25, 0.3) is 10.2 Å². The van der Waals surface area contributed by atoms with Gasteiger partial charge in [0.15, 0.2) is 0 Å². The number of aromatic nitrogens is 1. The lowest BCUT2D eigenvalue weighted by atomic mass is 9.82. The number of fused-ring (bicyclic) bond motifs is 1. The monoisotopic (exact) mass is 424 g/mol. The summed E-state index contributed by atoms with van der Waals surface area (Å²) >= 11 is 1.65. The molecule has 2 N–H and O–H groups in total. The first-order chi connectivity index (χ1) is 14.7. The summed E-state index contributed by atoms with van der Waals surface area (Å²) in [6, 6.07) is 14.6. The first kappa shape index (κ1) is 20.7. The molecule has 1 heterocycles. The van der Waals surface area contributed by atoms with Gasteiger partial charge in [-0.2, -0.15) is 0 Å². The third-order valence-corrected chi connectivity index (χ3v) is 6.85. The molecule has 0 fully saturated rings. The Bertz CT molecular complexity index is 1020. The maximum Gasteiger partial charge on any atom is 0.224 e. The Morgan fingerprint density at radius 3 is 2.73 bits per heavy atom. The number of nitrogens with zero attached hydrogens (tertiary/aromatic N) is 1. The number of amides is 1. The van der Waals surface area contributed by atoms with Gasteiger partial charge in [0.1, 0.15) is 5.82 Å². The normalized spacial score (nSPS) is 19.7. The smallest absolute Gasteiger partial charge is 0.224 e. The zero-order chi connectivity index (χ0) is 20.9. The molecule has 0 bridgehead atoms. The highest BCUT2D eigenvalue weighted by Gasteiger charge is 2.32. The van der Waals surface area contributed by atoms with Gasteiger partial charge >= 0.3 is 0 Å². The number of benzene rings is 2. The molecule has 0 saturated heterocycles. The van der Waals surface area contributed by atoms with Crippen molar-refractivity contribution in [3.8, 4) is 0 Å². The van der Waals surface area contributed by atoms with Crippen LogP contribution in [0.15, 0.2) is 60.7 Å². The molecule has 0 aliphatic heterocycles. The summed E-state index contributed by atoms with van der Waals surface area (Å²) < 4.78 is 15.1. The van der Waals surface area contributed by atoms with Crippen molar-refractivity contribution < 1.29 is 14.3 Å². The van der Waals surface area contributed by atoms with Crippen molar-refractivity contribution in [2.75, 3.05) is 13.2 Å². The van der Waals surface area contributed by atoms with Crippen LogP contribution < -0.4 is 5.32 Å². The molecule has 1 aromatic heterocycles. The van der Waals surface area contributed by atoms with Gasteiger partial charge in [-0.15, -0.1) is 11.3 Å². The Morgan fingerprint density at radius 2 is 1.93 bits per heavy atom. The van der Waals surface area contributed by atoms with Gasteiger partial charge < -0.3 is 10.4 Å². The largest absolute Gasteiger partial charge is 0.396 e. The van der Waals surface area contributed by atoms with E-state index in [1.165, 1.54) is 6.07 Å². The number of aliphatic hydroxyl groups excluding tert-OH is 1. The number of allylic oxidation sites excluding steroid dienone is 2. The Kier molecular flexibility index (Phi) is 6.55. The van der Waals surface area contributed by atoms with Crippen LogP contribution in [0.3, 0.4) is 0 Å². The maximum atomic E-state index is 13.9. The van der Waals surface area contributed by atoms with E-state index >= 15 is 0 Å². The topological polar surface area (TPSA) is 62.2 Å². The van der Waals surface area contributed by atoms with E-state index in [9.17, 15) is 14.3 Å². The van der Waals surface area contributed by atoms with Crippen LogP contribution in [0.2, 0.25) is 0 Å². The number of rotatable bonds is 7. The number of hydrogen-bond donors (Lipinski definition) is 2. The minimum atomic E-state index is -0.282. The summed E-state index contributed by atoms with van der Waals surface area (Å²) in [5, 5.41) is 13.7. The molecule has 4 nitrogen and oxygen atoms in total. The third-order valence-electron chi connectivity index (χ3n) is 5.69. The second kappa shape index (κ2) is 9.49. The van der Waals surface area contributed by atoms with Gasteiger partial charge in [-0.3, -0.25) is 4.79 Å². The van der Waals surface area contributed by atoms with Crippen LogP contribution in [0.5, 0.6) is 0 Å². The minimum Gasteiger partial charge on any atom is -0.396 e. The fourth-order valence-corrected chi connectivity index (χ4v) is 5.12. The molecule has 3 aromatic rings. The predicted molar refractivity (Wildman–Crippen MR) is 118 cm³/mol. The number of hydrogen-bond acceptors (Lipinski definition) is 4. The van der Waals surface area contributed by atoms with Crippen molar-refractivity contribution in [3.05, 3.63) is 77.1 Å². The Morgan fingerprint density at radius 1 is 1.17 bits per heavy atom.